The highest BCUT2D eigenvalue weighted by Crippen LogP contribution is 2.45. The first-order chi connectivity index (χ1) is 16.1. The van der Waals surface area contributed by atoms with Crippen molar-refractivity contribution in [2.75, 3.05) is 0 Å². The number of fused-ring (bicyclic) bond motifs is 1. The van der Waals surface area contributed by atoms with Crippen molar-refractivity contribution in [1.29, 1.82) is 0 Å². The Morgan fingerprint density at radius 1 is 0.939 bits per heavy atom. The number of hydrogen-bond donors (Lipinski definition) is 2. The van der Waals surface area contributed by atoms with E-state index in [1.807, 2.05) is 84.9 Å². The molecule has 0 unspecified atom stereocenters. The van der Waals surface area contributed by atoms with Gasteiger partial charge in [-0.3, -0.25) is 19.3 Å². The number of para-hydroxylation sites is 1. The van der Waals surface area contributed by atoms with Crippen molar-refractivity contribution in [1.82, 2.24) is 9.55 Å². The van der Waals surface area contributed by atoms with Gasteiger partial charge < -0.3 is 5.11 Å². The summed E-state index contributed by atoms with van der Waals surface area (Å²) in [5.74, 6) is -0.373. The average Bonchev–Trinajstić information content (AvgIpc) is 3.02. The van der Waals surface area contributed by atoms with Crippen LogP contribution in [0.4, 0.5) is 5.69 Å². The lowest BCUT2D eigenvalue weighted by Gasteiger charge is -2.17. The number of hydrogen-bond acceptors (Lipinski definition) is 5. The molecule has 2 heterocycles. The first-order valence-electron chi connectivity index (χ1n) is 10.6. The van der Waals surface area contributed by atoms with Crippen molar-refractivity contribution in [3.63, 3.8) is 0 Å². The Bertz CT molecular complexity index is 1440. The number of aliphatic imine (C=N–C) groups is 1. The molecule has 5 rings (SSSR count). The number of thioether (sulfide) groups is 1. The van der Waals surface area contributed by atoms with Gasteiger partial charge in [0, 0.05) is 16.6 Å². The van der Waals surface area contributed by atoms with Crippen LogP contribution in [-0.4, -0.2) is 20.4 Å². The third kappa shape index (κ3) is 4.27. The molecule has 0 bridgehead atoms. The second-order valence-corrected chi connectivity index (χ2v) is 9.02. The van der Waals surface area contributed by atoms with Crippen LogP contribution in [0.25, 0.3) is 0 Å². The predicted molar refractivity (Wildman–Crippen MR) is 131 cm³/mol. The summed E-state index contributed by atoms with van der Waals surface area (Å²) in [5, 5.41) is 11.1. The van der Waals surface area contributed by atoms with Gasteiger partial charge in [0.15, 0.2) is 0 Å². The zero-order valence-electron chi connectivity index (χ0n) is 17.6. The zero-order chi connectivity index (χ0) is 22.8. The SMILES string of the molecule is O=c1[nH]c(=O)n(Cc2ccccc2)c(O)c1C1=Nc2ccccc2S[C@@H](c2ccccc2)C1. The molecule has 1 atom stereocenters. The van der Waals surface area contributed by atoms with Crippen LogP contribution in [-0.2, 0) is 6.54 Å². The molecular weight excluding hydrogens is 434 g/mol. The molecular formula is C26H21N3O3S. The van der Waals surface area contributed by atoms with Crippen LogP contribution in [0.5, 0.6) is 5.88 Å². The molecule has 0 radical (unpaired) electrons. The lowest BCUT2D eigenvalue weighted by Crippen LogP contribution is -2.34. The molecule has 0 saturated carbocycles. The van der Waals surface area contributed by atoms with Crippen molar-refractivity contribution >= 4 is 23.2 Å². The van der Waals surface area contributed by atoms with Gasteiger partial charge in [-0.05, 0) is 23.3 Å². The first kappa shape index (κ1) is 21.0. The molecule has 1 aliphatic rings. The summed E-state index contributed by atoms with van der Waals surface area (Å²) < 4.78 is 1.18. The van der Waals surface area contributed by atoms with Crippen LogP contribution in [0.15, 0.2) is 104 Å². The number of nitrogens with one attached hydrogen (secondary N) is 1. The number of H-pyrrole nitrogens is 1. The van der Waals surface area contributed by atoms with E-state index >= 15 is 0 Å². The number of benzene rings is 3. The smallest absolute Gasteiger partial charge is 0.331 e. The largest absolute Gasteiger partial charge is 0.494 e. The minimum absolute atomic E-state index is 0.0121. The third-order valence-electron chi connectivity index (χ3n) is 5.58. The number of aromatic hydroxyl groups is 1. The fourth-order valence-corrected chi connectivity index (χ4v) is 5.19. The maximum absolute atomic E-state index is 12.9. The predicted octanol–water partition coefficient (Wildman–Crippen LogP) is 4.65. The topological polar surface area (TPSA) is 87.5 Å². The van der Waals surface area contributed by atoms with Crippen LogP contribution in [0.1, 0.15) is 28.4 Å². The highest BCUT2D eigenvalue weighted by Gasteiger charge is 2.27. The van der Waals surface area contributed by atoms with E-state index in [1.54, 1.807) is 11.8 Å². The van der Waals surface area contributed by atoms with E-state index in [1.165, 1.54) is 4.57 Å². The van der Waals surface area contributed by atoms with E-state index in [9.17, 15) is 14.7 Å². The minimum Gasteiger partial charge on any atom is -0.494 e. The van der Waals surface area contributed by atoms with Gasteiger partial charge in [0.1, 0.15) is 5.56 Å². The lowest BCUT2D eigenvalue weighted by molar-refractivity contribution is 0.408. The van der Waals surface area contributed by atoms with Gasteiger partial charge in [-0.2, -0.15) is 0 Å². The second-order valence-electron chi connectivity index (χ2n) is 7.78. The number of rotatable bonds is 4. The molecule has 0 saturated heterocycles. The van der Waals surface area contributed by atoms with Crippen LogP contribution in [0.3, 0.4) is 0 Å². The monoisotopic (exact) mass is 455 g/mol. The average molecular weight is 456 g/mol. The summed E-state index contributed by atoms with van der Waals surface area (Å²) in [4.78, 5) is 33.6. The quantitative estimate of drug-likeness (QED) is 0.469. The molecule has 1 aliphatic heterocycles. The molecule has 0 fully saturated rings. The summed E-state index contributed by atoms with van der Waals surface area (Å²) >= 11 is 1.67. The normalized spacial score (nSPS) is 15.4. The van der Waals surface area contributed by atoms with E-state index in [-0.39, 0.29) is 23.2 Å². The summed E-state index contributed by atoms with van der Waals surface area (Å²) in [6.45, 7) is 0.135. The van der Waals surface area contributed by atoms with E-state index in [2.05, 4.69) is 4.98 Å². The molecule has 164 valence electrons. The maximum atomic E-state index is 12.9. The molecule has 0 amide bonds. The highest BCUT2D eigenvalue weighted by molar-refractivity contribution is 7.99. The molecule has 0 spiro atoms. The Hall–Kier alpha value is -3.84. The van der Waals surface area contributed by atoms with Crippen LogP contribution < -0.4 is 11.2 Å². The Morgan fingerprint density at radius 3 is 2.36 bits per heavy atom. The standard InChI is InChI=1S/C26H21N3O3S/c30-24-23(25(31)29(26(32)28-24)16-17-9-3-1-4-10-17)20-15-22(18-11-5-2-6-12-18)33-21-14-8-7-13-19(21)27-20/h1-14,22,31H,15-16H2,(H,28,30,32)/t22-/m1/s1. The molecule has 2 N–H and O–H groups in total. The summed E-state index contributed by atoms with van der Waals surface area (Å²) in [7, 11) is 0. The van der Waals surface area contributed by atoms with E-state index in [4.69, 9.17) is 4.99 Å². The van der Waals surface area contributed by atoms with Crippen molar-refractivity contribution in [3.8, 4) is 5.88 Å². The lowest BCUT2D eigenvalue weighted by atomic mass is 10.0. The van der Waals surface area contributed by atoms with E-state index in [0.717, 1.165) is 21.7 Å². The Kier molecular flexibility index (Phi) is 5.71. The third-order valence-corrected chi connectivity index (χ3v) is 6.91. The summed E-state index contributed by atoms with van der Waals surface area (Å²) in [6.07, 6.45) is 0.420. The van der Waals surface area contributed by atoms with Crippen molar-refractivity contribution in [3.05, 3.63) is 122 Å². The van der Waals surface area contributed by atoms with Gasteiger partial charge >= 0.3 is 5.69 Å². The number of aromatic amines is 1. The van der Waals surface area contributed by atoms with Crippen molar-refractivity contribution < 1.29 is 5.11 Å². The molecule has 6 nitrogen and oxygen atoms in total. The van der Waals surface area contributed by atoms with Gasteiger partial charge in [0.2, 0.25) is 5.88 Å². The number of nitrogens with zero attached hydrogens (tertiary/aromatic N) is 2. The molecule has 33 heavy (non-hydrogen) atoms. The first-order valence-corrected chi connectivity index (χ1v) is 11.5. The second kappa shape index (κ2) is 8.96. The Labute approximate surface area is 194 Å². The minimum atomic E-state index is -0.659. The molecule has 1 aromatic heterocycles. The fourth-order valence-electron chi connectivity index (χ4n) is 3.95. The molecule has 0 aliphatic carbocycles. The fraction of sp³-hybridized carbons (Fsp3) is 0.115. The van der Waals surface area contributed by atoms with Gasteiger partial charge in [-0.15, -0.1) is 11.8 Å². The molecule has 7 heteroatoms. The molecule has 3 aromatic carbocycles. The Balaban J connectivity index is 1.65. The van der Waals surface area contributed by atoms with Crippen molar-refractivity contribution in [2.24, 2.45) is 4.99 Å². The van der Waals surface area contributed by atoms with Gasteiger partial charge in [-0.1, -0.05) is 72.8 Å². The number of aromatic nitrogens is 2. The van der Waals surface area contributed by atoms with Crippen LogP contribution >= 0.6 is 11.8 Å². The van der Waals surface area contributed by atoms with Gasteiger partial charge in [0.05, 0.1) is 17.9 Å². The van der Waals surface area contributed by atoms with E-state index in [0.29, 0.717) is 12.1 Å². The van der Waals surface area contributed by atoms with Gasteiger partial charge in [0.25, 0.3) is 5.56 Å². The van der Waals surface area contributed by atoms with Gasteiger partial charge in [-0.25, -0.2) is 4.79 Å². The highest BCUT2D eigenvalue weighted by atomic mass is 32.2. The zero-order valence-corrected chi connectivity index (χ0v) is 18.5. The Morgan fingerprint density at radius 2 is 1.61 bits per heavy atom. The van der Waals surface area contributed by atoms with Crippen molar-refractivity contribution in [2.45, 2.75) is 23.1 Å². The van der Waals surface area contributed by atoms with Crippen LogP contribution in [0, 0.1) is 0 Å². The maximum Gasteiger partial charge on any atom is 0.331 e. The molecule has 4 aromatic rings. The summed E-state index contributed by atoms with van der Waals surface area (Å²) in [6, 6.07) is 27.1. The van der Waals surface area contributed by atoms with E-state index < -0.39 is 11.2 Å². The van der Waals surface area contributed by atoms with Crippen LogP contribution in [0.2, 0.25) is 0 Å². The summed E-state index contributed by atoms with van der Waals surface area (Å²) in [5.41, 5.74) is 1.84.